The average Bonchev–Trinajstić information content (AvgIpc) is 2.83. The first kappa shape index (κ1) is 13.5. The van der Waals surface area contributed by atoms with Crippen LogP contribution >= 0.6 is 0 Å². The van der Waals surface area contributed by atoms with Gasteiger partial charge in [0.25, 0.3) is 0 Å². The molecule has 1 atom stereocenters. The van der Waals surface area contributed by atoms with Crippen LogP contribution in [0.3, 0.4) is 0 Å². The van der Waals surface area contributed by atoms with Crippen molar-refractivity contribution in [1.82, 2.24) is 4.90 Å². The highest BCUT2D eigenvalue weighted by Gasteiger charge is 2.25. The number of likely N-dealkylation sites (tertiary alicyclic amines) is 1. The zero-order valence-corrected chi connectivity index (χ0v) is 12.3. The van der Waals surface area contributed by atoms with E-state index < -0.39 is 0 Å². The summed E-state index contributed by atoms with van der Waals surface area (Å²) >= 11 is 0. The van der Waals surface area contributed by atoms with Crippen molar-refractivity contribution in [2.24, 2.45) is 0 Å². The summed E-state index contributed by atoms with van der Waals surface area (Å²) in [6, 6.07) is 8.60. The Morgan fingerprint density at radius 3 is 2.75 bits per heavy atom. The molecule has 1 unspecified atom stereocenters. The van der Waals surface area contributed by atoms with E-state index in [4.69, 9.17) is 0 Å². The van der Waals surface area contributed by atoms with Crippen LogP contribution in [-0.2, 0) is 4.79 Å². The van der Waals surface area contributed by atoms with E-state index in [0.717, 1.165) is 26.2 Å². The summed E-state index contributed by atoms with van der Waals surface area (Å²) in [5, 5.41) is 0. The lowest BCUT2D eigenvalue weighted by atomic mass is 10.0. The molecule has 1 amide bonds. The molecule has 0 radical (unpaired) electrons. The summed E-state index contributed by atoms with van der Waals surface area (Å²) in [6.07, 6.45) is 4.28. The second-order valence-electron chi connectivity index (χ2n) is 6.10. The van der Waals surface area contributed by atoms with Crippen molar-refractivity contribution in [3.8, 4) is 0 Å². The van der Waals surface area contributed by atoms with Crippen LogP contribution in [0.4, 0.5) is 5.69 Å². The van der Waals surface area contributed by atoms with Crippen molar-refractivity contribution in [2.75, 3.05) is 31.1 Å². The van der Waals surface area contributed by atoms with Gasteiger partial charge < -0.3 is 9.80 Å². The third-order valence-corrected chi connectivity index (χ3v) is 4.61. The van der Waals surface area contributed by atoms with Crippen molar-refractivity contribution in [3.05, 3.63) is 29.8 Å². The van der Waals surface area contributed by atoms with Gasteiger partial charge in [0, 0.05) is 44.2 Å². The molecule has 3 heteroatoms. The molecule has 1 aromatic rings. The first-order valence-electron chi connectivity index (χ1n) is 7.87. The molecule has 1 saturated heterocycles. The van der Waals surface area contributed by atoms with Gasteiger partial charge >= 0.3 is 0 Å². The van der Waals surface area contributed by atoms with E-state index in [1.54, 1.807) is 0 Å². The second kappa shape index (κ2) is 5.86. The number of benzene rings is 1. The van der Waals surface area contributed by atoms with E-state index in [9.17, 15) is 4.79 Å². The van der Waals surface area contributed by atoms with E-state index in [-0.39, 0.29) is 0 Å². The summed E-state index contributed by atoms with van der Waals surface area (Å²) in [6.45, 7) is 6.10. The number of fused-ring (bicyclic) bond motifs is 1. The molecule has 2 heterocycles. The lowest BCUT2D eigenvalue weighted by Crippen LogP contribution is -2.37. The maximum absolute atomic E-state index is 12.2. The summed E-state index contributed by atoms with van der Waals surface area (Å²) in [4.78, 5) is 16.7. The van der Waals surface area contributed by atoms with Crippen LogP contribution in [-0.4, -0.2) is 37.0 Å². The van der Waals surface area contributed by atoms with Crippen LogP contribution in [0, 0.1) is 0 Å². The summed E-state index contributed by atoms with van der Waals surface area (Å²) in [5.74, 6) is 0.915. The van der Waals surface area contributed by atoms with Gasteiger partial charge in [-0.3, -0.25) is 4.79 Å². The lowest BCUT2D eigenvalue weighted by molar-refractivity contribution is -0.131. The minimum Gasteiger partial charge on any atom is -0.370 e. The molecule has 0 bridgehead atoms. The predicted octanol–water partition coefficient (Wildman–Crippen LogP) is 3.01. The first-order valence-corrected chi connectivity index (χ1v) is 7.87. The number of para-hydroxylation sites is 1. The molecule has 1 aromatic carbocycles. The van der Waals surface area contributed by atoms with Gasteiger partial charge in [-0.15, -0.1) is 0 Å². The van der Waals surface area contributed by atoms with Crippen LogP contribution in [0.1, 0.15) is 44.1 Å². The fourth-order valence-corrected chi connectivity index (χ4v) is 3.46. The molecule has 3 nitrogen and oxygen atoms in total. The van der Waals surface area contributed by atoms with E-state index in [0.29, 0.717) is 18.2 Å². The van der Waals surface area contributed by atoms with Crippen LogP contribution in [0.2, 0.25) is 0 Å². The van der Waals surface area contributed by atoms with Gasteiger partial charge in [-0.25, -0.2) is 0 Å². The molecule has 3 rings (SSSR count). The fraction of sp³-hybridized carbons (Fsp3) is 0.588. The van der Waals surface area contributed by atoms with Crippen molar-refractivity contribution >= 4 is 11.6 Å². The number of carbonyl (C=O) groups is 1. The molecule has 1 fully saturated rings. The van der Waals surface area contributed by atoms with Gasteiger partial charge in [-0.2, -0.15) is 0 Å². The Morgan fingerprint density at radius 1 is 1.20 bits per heavy atom. The van der Waals surface area contributed by atoms with Gasteiger partial charge in [-0.1, -0.05) is 25.1 Å². The summed E-state index contributed by atoms with van der Waals surface area (Å²) in [5.41, 5.74) is 2.75. The zero-order valence-electron chi connectivity index (χ0n) is 12.3. The Bertz CT molecular complexity index is 480. The van der Waals surface area contributed by atoms with Crippen molar-refractivity contribution < 1.29 is 4.79 Å². The standard InChI is InChI=1S/C17H24N2O/c1-14-13-19(16-8-4-3-7-15(14)16)12-9-17(20)18-10-5-2-6-11-18/h3-4,7-8,14H,2,5-6,9-13H2,1H3. The SMILES string of the molecule is CC1CN(CCC(=O)N2CCCCC2)c2ccccc21. The van der Waals surface area contributed by atoms with Crippen LogP contribution in [0.15, 0.2) is 24.3 Å². The maximum atomic E-state index is 12.2. The molecule has 0 saturated carbocycles. The molecule has 20 heavy (non-hydrogen) atoms. The van der Waals surface area contributed by atoms with Crippen molar-refractivity contribution in [2.45, 2.75) is 38.5 Å². The minimum atomic E-state index is 0.335. The third-order valence-electron chi connectivity index (χ3n) is 4.61. The maximum Gasteiger partial charge on any atom is 0.224 e. The third kappa shape index (κ3) is 2.67. The number of carbonyl (C=O) groups excluding carboxylic acids is 1. The van der Waals surface area contributed by atoms with Crippen molar-refractivity contribution in [3.63, 3.8) is 0 Å². The molecule has 0 aliphatic carbocycles. The zero-order chi connectivity index (χ0) is 13.9. The number of hydrogen-bond acceptors (Lipinski definition) is 2. The Labute approximate surface area is 121 Å². The molecule has 0 spiro atoms. The first-order chi connectivity index (χ1) is 9.75. The Morgan fingerprint density at radius 2 is 1.95 bits per heavy atom. The highest BCUT2D eigenvalue weighted by molar-refractivity contribution is 5.77. The van der Waals surface area contributed by atoms with Crippen LogP contribution in [0.5, 0.6) is 0 Å². The minimum absolute atomic E-state index is 0.335. The predicted molar refractivity (Wildman–Crippen MR) is 82.1 cm³/mol. The normalized spacial score (nSPS) is 21.9. The van der Waals surface area contributed by atoms with E-state index in [2.05, 4.69) is 41.0 Å². The van der Waals surface area contributed by atoms with Crippen molar-refractivity contribution in [1.29, 1.82) is 0 Å². The second-order valence-corrected chi connectivity index (χ2v) is 6.10. The molecule has 2 aliphatic heterocycles. The molecular weight excluding hydrogens is 248 g/mol. The highest BCUT2D eigenvalue weighted by atomic mass is 16.2. The number of amides is 1. The quantitative estimate of drug-likeness (QED) is 0.844. The number of piperidine rings is 1. The topological polar surface area (TPSA) is 23.6 Å². The van der Waals surface area contributed by atoms with Gasteiger partial charge in [0.05, 0.1) is 0 Å². The van der Waals surface area contributed by atoms with Gasteiger partial charge in [-0.05, 0) is 30.9 Å². The largest absolute Gasteiger partial charge is 0.370 e. The number of rotatable bonds is 3. The Kier molecular flexibility index (Phi) is 3.95. The molecule has 0 aromatic heterocycles. The number of hydrogen-bond donors (Lipinski definition) is 0. The number of anilines is 1. The van der Waals surface area contributed by atoms with Gasteiger partial charge in [0.15, 0.2) is 0 Å². The van der Waals surface area contributed by atoms with Crippen LogP contribution in [0.25, 0.3) is 0 Å². The van der Waals surface area contributed by atoms with E-state index >= 15 is 0 Å². The number of nitrogens with zero attached hydrogens (tertiary/aromatic N) is 2. The molecule has 2 aliphatic rings. The smallest absolute Gasteiger partial charge is 0.224 e. The Hall–Kier alpha value is -1.51. The monoisotopic (exact) mass is 272 g/mol. The van der Waals surface area contributed by atoms with Gasteiger partial charge in [0.2, 0.25) is 5.91 Å². The average molecular weight is 272 g/mol. The summed E-state index contributed by atoms with van der Waals surface area (Å²) < 4.78 is 0. The highest BCUT2D eigenvalue weighted by Crippen LogP contribution is 2.35. The Balaban J connectivity index is 1.58. The van der Waals surface area contributed by atoms with Crippen LogP contribution < -0.4 is 4.90 Å². The lowest BCUT2D eigenvalue weighted by Gasteiger charge is -2.28. The molecule has 108 valence electrons. The van der Waals surface area contributed by atoms with E-state index in [1.807, 2.05) is 0 Å². The van der Waals surface area contributed by atoms with Gasteiger partial charge in [0.1, 0.15) is 0 Å². The van der Waals surface area contributed by atoms with E-state index in [1.165, 1.54) is 30.5 Å². The summed E-state index contributed by atoms with van der Waals surface area (Å²) in [7, 11) is 0. The fourth-order valence-electron chi connectivity index (χ4n) is 3.46. The molecular formula is C17H24N2O. The molecule has 0 N–H and O–H groups in total.